The van der Waals surface area contributed by atoms with Crippen LogP contribution in [0.2, 0.25) is 0 Å². The Labute approximate surface area is 115 Å². The van der Waals surface area contributed by atoms with E-state index >= 15 is 0 Å². The second-order valence-corrected chi connectivity index (χ2v) is 5.00. The first-order valence-corrected chi connectivity index (χ1v) is 6.29. The molecule has 0 amide bonds. The van der Waals surface area contributed by atoms with Crippen LogP contribution in [0.15, 0.2) is 34.9 Å². The predicted octanol–water partition coefficient (Wildman–Crippen LogP) is 4.08. The smallest absolute Gasteiger partial charge is 0.148 e. The normalized spacial score (nSPS) is 9.89. The molecule has 4 heteroatoms. The molecule has 0 atom stereocenters. The van der Waals surface area contributed by atoms with Crippen LogP contribution in [-0.2, 0) is 0 Å². The van der Waals surface area contributed by atoms with Crippen LogP contribution in [0.25, 0.3) is 0 Å². The van der Waals surface area contributed by atoms with Crippen molar-refractivity contribution in [1.82, 2.24) is 4.98 Å². The molecular weight excluding hydrogens is 290 g/mol. The first-order chi connectivity index (χ1) is 8.60. The number of nitriles is 1. The van der Waals surface area contributed by atoms with Gasteiger partial charge in [0.15, 0.2) is 0 Å². The van der Waals surface area contributed by atoms with Crippen LogP contribution in [0.3, 0.4) is 0 Å². The monoisotopic (exact) mass is 301 g/mol. The molecule has 0 aliphatic carbocycles. The summed E-state index contributed by atoms with van der Waals surface area (Å²) < 4.78 is 0.796. The molecule has 90 valence electrons. The number of nitrogens with zero attached hydrogens (tertiary/aromatic N) is 2. The van der Waals surface area contributed by atoms with Crippen molar-refractivity contribution < 1.29 is 0 Å². The highest BCUT2D eigenvalue weighted by Gasteiger charge is 2.05. The lowest BCUT2D eigenvalue weighted by atomic mass is 10.1. The van der Waals surface area contributed by atoms with Crippen molar-refractivity contribution in [2.75, 3.05) is 5.32 Å². The van der Waals surface area contributed by atoms with E-state index in [1.807, 2.05) is 18.2 Å². The highest BCUT2D eigenvalue weighted by Crippen LogP contribution is 2.22. The molecule has 0 saturated heterocycles. The van der Waals surface area contributed by atoms with E-state index in [2.05, 4.69) is 46.1 Å². The minimum Gasteiger partial charge on any atom is -0.339 e. The first-order valence-electron chi connectivity index (χ1n) is 5.50. The Morgan fingerprint density at radius 2 is 2.00 bits per heavy atom. The summed E-state index contributed by atoms with van der Waals surface area (Å²) in [5.41, 5.74) is 3.90. The van der Waals surface area contributed by atoms with Gasteiger partial charge in [-0.15, -0.1) is 0 Å². The zero-order valence-corrected chi connectivity index (χ0v) is 11.7. The van der Waals surface area contributed by atoms with Crippen molar-refractivity contribution in [3.63, 3.8) is 0 Å². The number of benzene rings is 1. The van der Waals surface area contributed by atoms with Gasteiger partial charge >= 0.3 is 0 Å². The summed E-state index contributed by atoms with van der Waals surface area (Å²) in [7, 11) is 0. The molecule has 0 radical (unpaired) electrons. The highest BCUT2D eigenvalue weighted by atomic mass is 79.9. The average molecular weight is 302 g/mol. The number of hydrogen-bond acceptors (Lipinski definition) is 3. The lowest BCUT2D eigenvalue weighted by molar-refractivity contribution is 1.26. The quantitative estimate of drug-likeness (QED) is 0.909. The fourth-order valence-electron chi connectivity index (χ4n) is 1.58. The second kappa shape index (κ2) is 5.19. The summed E-state index contributed by atoms with van der Waals surface area (Å²) >= 11 is 3.30. The van der Waals surface area contributed by atoms with Crippen LogP contribution < -0.4 is 5.32 Å². The van der Waals surface area contributed by atoms with Gasteiger partial charge in [0.05, 0.1) is 5.56 Å². The number of rotatable bonds is 2. The van der Waals surface area contributed by atoms with Crippen molar-refractivity contribution in [2.45, 2.75) is 13.8 Å². The van der Waals surface area contributed by atoms with E-state index in [4.69, 9.17) is 5.26 Å². The molecule has 0 unspecified atom stereocenters. The topological polar surface area (TPSA) is 48.7 Å². The third kappa shape index (κ3) is 2.69. The summed E-state index contributed by atoms with van der Waals surface area (Å²) in [5.74, 6) is 0.573. The standard InChI is InChI=1S/C14H12BrN3/c1-9-3-4-13(5-10(9)2)18-14-11(7-16)6-12(15)8-17-14/h3-6,8H,1-2H3,(H,17,18). The largest absolute Gasteiger partial charge is 0.339 e. The highest BCUT2D eigenvalue weighted by molar-refractivity contribution is 9.10. The van der Waals surface area contributed by atoms with Crippen LogP contribution >= 0.6 is 15.9 Å². The van der Waals surface area contributed by atoms with Crippen LogP contribution in [0.4, 0.5) is 11.5 Å². The van der Waals surface area contributed by atoms with E-state index in [-0.39, 0.29) is 0 Å². The van der Waals surface area contributed by atoms with Crippen molar-refractivity contribution in [1.29, 1.82) is 5.26 Å². The van der Waals surface area contributed by atoms with Crippen LogP contribution in [0, 0.1) is 25.2 Å². The maximum absolute atomic E-state index is 9.07. The fraction of sp³-hybridized carbons (Fsp3) is 0.143. The number of hydrogen-bond donors (Lipinski definition) is 1. The lowest BCUT2D eigenvalue weighted by Crippen LogP contribution is -1.97. The number of aryl methyl sites for hydroxylation is 2. The van der Waals surface area contributed by atoms with Gasteiger partial charge in [-0.25, -0.2) is 4.98 Å². The summed E-state index contributed by atoms with van der Waals surface area (Å²) in [6.45, 7) is 4.12. The summed E-state index contributed by atoms with van der Waals surface area (Å²) in [6.07, 6.45) is 1.67. The second-order valence-electron chi connectivity index (χ2n) is 4.09. The molecule has 2 aromatic rings. The lowest BCUT2D eigenvalue weighted by Gasteiger charge is -2.09. The molecule has 0 fully saturated rings. The van der Waals surface area contributed by atoms with Gasteiger partial charge in [-0.05, 0) is 59.1 Å². The number of nitrogens with one attached hydrogen (secondary N) is 1. The van der Waals surface area contributed by atoms with Crippen molar-refractivity contribution in [2.24, 2.45) is 0 Å². The Bertz CT molecular complexity index is 629. The van der Waals surface area contributed by atoms with E-state index in [1.165, 1.54) is 11.1 Å². The Morgan fingerprint density at radius 1 is 1.22 bits per heavy atom. The zero-order chi connectivity index (χ0) is 13.1. The molecule has 0 spiro atoms. The number of pyridine rings is 1. The summed E-state index contributed by atoms with van der Waals surface area (Å²) in [6, 6.07) is 9.94. The fourth-order valence-corrected chi connectivity index (χ4v) is 1.91. The minimum absolute atomic E-state index is 0.516. The van der Waals surface area contributed by atoms with Crippen molar-refractivity contribution in [3.05, 3.63) is 51.6 Å². The number of aromatic nitrogens is 1. The van der Waals surface area contributed by atoms with Crippen molar-refractivity contribution >= 4 is 27.4 Å². The Hall–Kier alpha value is -1.86. The molecule has 3 nitrogen and oxygen atoms in total. The Balaban J connectivity index is 2.34. The number of halogens is 1. The maximum Gasteiger partial charge on any atom is 0.148 e. The van der Waals surface area contributed by atoms with Crippen molar-refractivity contribution in [3.8, 4) is 6.07 Å². The molecule has 0 aliphatic rings. The van der Waals surface area contributed by atoms with E-state index in [1.54, 1.807) is 12.3 Å². The van der Waals surface area contributed by atoms with Crippen LogP contribution in [-0.4, -0.2) is 4.98 Å². The minimum atomic E-state index is 0.516. The van der Waals surface area contributed by atoms with E-state index < -0.39 is 0 Å². The molecule has 18 heavy (non-hydrogen) atoms. The van der Waals surface area contributed by atoms with Gasteiger partial charge < -0.3 is 5.32 Å². The maximum atomic E-state index is 9.07. The first kappa shape index (κ1) is 12.6. The van der Waals surface area contributed by atoms with Crippen LogP contribution in [0.5, 0.6) is 0 Å². The van der Waals surface area contributed by atoms with Gasteiger partial charge in [-0.2, -0.15) is 5.26 Å². The van der Waals surface area contributed by atoms with E-state index in [9.17, 15) is 0 Å². The molecule has 1 aromatic heterocycles. The third-order valence-corrected chi connectivity index (χ3v) is 3.18. The molecular formula is C14H12BrN3. The molecule has 1 aromatic carbocycles. The number of anilines is 2. The SMILES string of the molecule is Cc1ccc(Nc2ncc(Br)cc2C#N)cc1C. The Morgan fingerprint density at radius 3 is 2.67 bits per heavy atom. The zero-order valence-electron chi connectivity index (χ0n) is 10.2. The third-order valence-electron chi connectivity index (χ3n) is 2.74. The summed E-state index contributed by atoms with van der Waals surface area (Å²) in [4.78, 5) is 4.22. The average Bonchev–Trinajstić information content (AvgIpc) is 2.36. The summed E-state index contributed by atoms with van der Waals surface area (Å²) in [5, 5.41) is 12.2. The predicted molar refractivity (Wildman–Crippen MR) is 75.9 cm³/mol. The van der Waals surface area contributed by atoms with Gasteiger partial charge in [0.2, 0.25) is 0 Å². The molecule has 0 aliphatic heterocycles. The molecule has 1 N–H and O–H groups in total. The van der Waals surface area contributed by atoms with Gasteiger partial charge in [0, 0.05) is 16.4 Å². The van der Waals surface area contributed by atoms with E-state index in [0.29, 0.717) is 11.4 Å². The Kier molecular flexibility index (Phi) is 3.63. The molecule has 2 rings (SSSR count). The molecule has 0 saturated carbocycles. The van der Waals surface area contributed by atoms with Gasteiger partial charge in [-0.3, -0.25) is 0 Å². The molecule has 1 heterocycles. The molecule has 0 bridgehead atoms. The van der Waals surface area contributed by atoms with Gasteiger partial charge in [0.1, 0.15) is 11.9 Å². The van der Waals surface area contributed by atoms with E-state index in [0.717, 1.165) is 10.2 Å². The van der Waals surface area contributed by atoms with Crippen LogP contribution in [0.1, 0.15) is 16.7 Å². The van der Waals surface area contributed by atoms with Gasteiger partial charge in [0.25, 0.3) is 0 Å². The van der Waals surface area contributed by atoms with Gasteiger partial charge in [-0.1, -0.05) is 6.07 Å².